The van der Waals surface area contributed by atoms with Gasteiger partial charge in [-0.05, 0) is 50.0 Å². The number of unbranched alkanes of at least 4 members (excludes halogenated alkanes) is 3. The lowest BCUT2D eigenvalue weighted by Crippen LogP contribution is -2.18. The third-order valence-electron chi connectivity index (χ3n) is 2.99. The van der Waals surface area contributed by atoms with Gasteiger partial charge < -0.3 is 10.1 Å². The van der Waals surface area contributed by atoms with Crippen LogP contribution in [0.2, 0.25) is 0 Å². The zero-order valence-corrected chi connectivity index (χ0v) is 12.8. The standard InChI is InChI=1S/C15H24BrNO/c1-18-15-8-6-14(7-9-15)10-13-17-12-5-3-2-4-11-16/h6-9,17H,2-5,10-13H2,1H3. The van der Waals surface area contributed by atoms with Crippen molar-refractivity contribution >= 4 is 15.9 Å². The van der Waals surface area contributed by atoms with Crippen LogP contribution in [-0.2, 0) is 6.42 Å². The van der Waals surface area contributed by atoms with Crippen molar-refractivity contribution in [3.63, 3.8) is 0 Å². The Morgan fingerprint density at radius 1 is 1.00 bits per heavy atom. The van der Waals surface area contributed by atoms with Gasteiger partial charge in [-0.3, -0.25) is 0 Å². The van der Waals surface area contributed by atoms with E-state index in [9.17, 15) is 0 Å². The molecule has 0 aliphatic rings. The third-order valence-corrected chi connectivity index (χ3v) is 3.55. The maximum Gasteiger partial charge on any atom is 0.118 e. The quantitative estimate of drug-likeness (QED) is 0.524. The maximum absolute atomic E-state index is 5.14. The Balaban J connectivity index is 2.00. The molecule has 0 unspecified atom stereocenters. The number of methoxy groups -OCH3 is 1. The summed E-state index contributed by atoms with van der Waals surface area (Å²) in [5.41, 5.74) is 1.36. The Kier molecular flexibility index (Phi) is 8.96. The van der Waals surface area contributed by atoms with E-state index in [1.807, 2.05) is 12.1 Å². The van der Waals surface area contributed by atoms with Crippen LogP contribution in [0.1, 0.15) is 31.2 Å². The molecule has 1 aromatic rings. The molecular weight excluding hydrogens is 290 g/mol. The van der Waals surface area contributed by atoms with Crippen LogP contribution < -0.4 is 10.1 Å². The van der Waals surface area contributed by atoms with Crippen LogP contribution in [0.5, 0.6) is 5.75 Å². The molecule has 102 valence electrons. The number of benzene rings is 1. The van der Waals surface area contributed by atoms with Crippen molar-refractivity contribution in [3.8, 4) is 5.75 Å². The molecule has 0 bridgehead atoms. The van der Waals surface area contributed by atoms with Gasteiger partial charge in [-0.25, -0.2) is 0 Å². The van der Waals surface area contributed by atoms with Crippen LogP contribution in [-0.4, -0.2) is 25.5 Å². The smallest absolute Gasteiger partial charge is 0.118 e. The van der Waals surface area contributed by atoms with Crippen molar-refractivity contribution in [2.24, 2.45) is 0 Å². The molecule has 0 fully saturated rings. The highest BCUT2D eigenvalue weighted by Crippen LogP contribution is 2.11. The molecule has 0 saturated carbocycles. The maximum atomic E-state index is 5.14. The second kappa shape index (κ2) is 10.4. The molecule has 0 radical (unpaired) electrons. The molecule has 0 aromatic heterocycles. The first-order valence-corrected chi connectivity index (χ1v) is 7.88. The first-order valence-electron chi connectivity index (χ1n) is 6.76. The lowest BCUT2D eigenvalue weighted by atomic mass is 10.1. The summed E-state index contributed by atoms with van der Waals surface area (Å²) in [5, 5.41) is 4.63. The number of hydrogen-bond acceptors (Lipinski definition) is 2. The number of halogens is 1. The van der Waals surface area contributed by atoms with Crippen LogP contribution in [0.4, 0.5) is 0 Å². The van der Waals surface area contributed by atoms with Gasteiger partial charge in [0.15, 0.2) is 0 Å². The van der Waals surface area contributed by atoms with Crippen molar-refractivity contribution in [2.45, 2.75) is 32.1 Å². The van der Waals surface area contributed by atoms with E-state index in [1.165, 1.54) is 31.2 Å². The summed E-state index contributed by atoms with van der Waals surface area (Å²) in [6, 6.07) is 8.32. The number of nitrogens with one attached hydrogen (secondary N) is 1. The zero-order chi connectivity index (χ0) is 13.1. The van der Waals surface area contributed by atoms with Gasteiger partial charge in [0.25, 0.3) is 0 Å². The number of ether oxygens (including phenoxy) is 1. The fourth-order valence-corrected chi connectivity index (χ4v) is 2.24. The molecule has 18 heavy (non-hydrogen) atoms. The van der Waals surface area contributed by atoms with Crippen molar-refractivity contribution in [1.82, 2.24) is 5.32 Å². The second-order valence-electron chi connectivity index (χ2n) is 4.45. The van der Waals surface area contributed by atoms with E-state index in [2.05, 4.69) is 33.4 Å². The third kappa shape index (κ3) is 7.02. The average Bonchev–Trinajstić information content (AvgIpc) is 2.42. The number of alkyl halides is 1. The van der Waals surface area contributed by atoms with Gasteiger partial charge in [0.2, 0.25) is 0 Å². The van der Waals surface area contributed by atoms with Gasteiger partial charge in [0.1, 0.15) is 5.75 Å². The van der Waals surface area contributed by atoms with E-state index in [4.69, 9.17) is 4.74 Å². The van der Waals surface area contributed by atoms with Crippen molar-refractivity contribution in [1.29, 1.82) is 0 Å². The van der Waals surface area contributed by atoms with Gasteiger partial charge in [0.05, 0.1) is 7.11 Å². The van der Waals surface area contributed by atoms with E-state index >= 15 is 0 Å². The molecule has 0 atom stereocenters. The predicted octanol–water partition coefficient (Wildman–Crippen LogP) is 3.78. The van der Waals surface area contributed by atoms with Gasteiger partial charge in [-0.1, -0.05) is 40.9 Å². The zero-order valence-electron chi connectivity index (χ0n) is 11.3. The van der Waals surface area contributed by atoms with Crippen molar-refractivity contribution < 1.29 is 4.74 Å². The minimum atomic E-state index is 0.929. The van der Waals surface area contributed by atoms with E-state index in [0.29, 0.717) is 0 Å². The molecule has 0 spiro atoms. The van der Waals surface area contributed by atoms with E-state index in [0.717, 1.165) is 30.6 Å². The largest absolute Gasteiger partial charge is 0.497 e. The normalized spacial score (nSPS) is 10.6. The van der Waals surface area contributed by atoms with E-state index in [-0.39, 0.29) is 0 Å². The Bertz CT molecular complexity index is 300. The Morgan fingerprint density at radius 3 is 2.39 bits per heavy atom. The Hall–Kier alpha value is -0.540. The highest BCUT2D eigenvalue weighted by molar-refractivity contribution is 9.09. The van der Waals surface area contributed by atoms with Crippen LogP contribution in [0.15, 0.2) is 24.3 Å². The highest BCUT2D eigenvalue weighted by Gasteiger charge is 1.95. The molecule has 1 N–H and O–H groups in total. The topological polar surface area (TPSA) is 21.3 Å². The summed E-state index contributed by atoms with van der Waals surface area (Å²) in [6.07, 6.45) is 6.35. The summed E-state index contributed by atoms with van der Waals surface area (Å²) in [6.45, 7) is 2.20. The van der Waals surface area contributed by atoms with E-state index in [1.54, 1.807) is 7.11 Å². The molecule has 0 amide bonds. The molecule has 1 rings (SSSR count). The van der Waals surface area contributed by atoms with Gasteiger partial charge in [-0.2, -0.15) is 0 Å². The second-order valence-corrected chi connectivity index (χ2v) is 5.24. The number of hydrogen-bond donors (Lipinski definition) is 1. The van der Waals surface area contributed by atoms with Gasteiger partial charge >= 0.3 is 0 Å². The molecule has 0 heterocycles. The Morgan fingerprint density at radius 2 is 1.72 bits per heavy atom. The number of rotatable bonds is 10. The minimum Gasteiger partial charge on any atom is -0.497 e. The average molecular weight is 314 g/mol. The molecule has 2 nitrogen and oxygen atoms in total. The van der Waals surface area contributed by atoms with Gasteiger partial charge in [-0.15, -0.1) is 0 Å². The van der Waals surface area contributed by atoms with Crippen LogP contribution in [0.3, 0.4) is 0 Å². The monoisotopic (exact) mass is 313 g/mol. The minimum absolute atomic E-state index is 0.929. The molecule has 0 aliphatic heterocycles. The summed E-state index contributed by atoms with van der Waals surface area (Å²) < 4.78 is 5.14. The Labute approximate surface area is 119 Å². The molecule has 1 aromatic carbocycles. The lowest BCUT2D eigenvalue weighted by Gasteiger charge is -2.05. The van der Waals surface area contributed by atoms with Crippen LogP contribution in [0, 0.1) is 0 Å². The van der Waals surface area contributed by atoms with Crippen LogP contribution >= 0.6 is 15.9 Å². The molecule has 0 aliphatic carbocycles. The fraction of sp³-hybridized carbons (Fsp3) is 0.600. The molecule has 0 saturated heterocycles. The first kappa shape index (κ1) is 15.5. The first-order chi connectivity index (χ1) is 8.86. The molecular formula is C15H24BrNO. The summed E-state index contributed by atoms with van der Waals surface area (Å²) in [5.74, 6) is 0.929. The highest BCUT2D eigenvalue weighted by atomic mass is 79.9. The van der Waals surface area contributed by atoms with Crippen molar-refractivity contribution in [3.05, 3.63) is 29.8 Å². The fourth-order valence-electron chi connectivity index (χ4n) is 1.85. The summed E-state index contributed by atoms with van der Waals surface area (Å²) in [7, 11) is 1.70. The molecule has 3 heteroatoms. The summed E-state index contributed by atoms with van der Waals surface area (Å²) >= 11 is 3.45. The van der Waals surface area contributed by atoms with E-state index < -0.39 is 0 Å². The van der Waals surface area contributed by atoms with Crippen molar-refractivity contribution in [2.75, 3.05) is 25.5 Å². The lowest BCUT2D eigenvalue weighted by molar-refractivity contribution is 0.414. The SMILES string of the molecule is COc1ccc(CCNCCCCCCBr)cc1. The van der Waals surface area contributed by atoms with Gasteiger partial charge in [0, 0.05) is 5.33 Å². The summed E-state index contributed by atoms with van der Waals surface area (Å²) in [4.78, 5) is 0. The van der Waals surface area contributed by atoms with Crippen LogP contribution in [0.25, 0.3) is 0 Å². The predicted molar refractivity (Wildman–Crippen MR) is 81.8 cm³/mol.